The van der Waals surface area contributed by atoms with E-state index in [2.05, 4.69) is 16.0 Å². The van der Waals surface area contributed by atoms with Crippen LogP contribution in [-0.4, -0.2) is 34.8 Å². The SMILES string of the molecule is CCCn1nc(C(=O)NNC(=O)/C=C/c2cc(Cl)c3c(c2)OCCO3)c2ccccc2c1=O. The van der Waals surface area contributed by atoms with Gasteiger partial charge in [0.2, 0.25) is 0 Å². The van der Waals surface area contributed by atoms with Gasteiger partial charge < -0.3 is 9.47 Å². The van der Waals surface area contributed by atoms with Crippen molar-refractivity contribution < 1.29 is 19.1 Å². The van der Waals surface area contributed by atoms with Crippen LogP contribution in [0.4, 0.5) is 0 Å². The topological polar surface area (TPSA) is 112 Å². The van der Waals surface area contributed by atoms with Gasteiger partial charge in [0.05, 0.1) is 10.4 Å². The number of ether oxygens (including phenoxy) is 2. The molecule has 2 amide bonds. The van der Waals surface area contributed by atoms with Crippen LogP contribution in [0.2, 0.25) is 5.02 Å². The van der Waals surface area contributed by atoms with Gasteiger partial charge in [-0.15, -0.1) is 0 Å². The second kappa shape index (κ2) is 9.74. The van der Waals surface area contributed by atoms with Crippen molar-refractivity contribution in [2.75, 3.05) is 13.2 Å². The number of nitrogens with one attached hydrogen (secondary N) is 2. The van der Waals surface area contributed by atoms with E-state index in [9.17, 15) is 14.4 Å². The smallest absolute Gasteiger partial charge is 0.290 e. The van der Waals surface area contributed by atoms with Crippen molar-refractivity contribution in [3.8, 4) is 11.5 Å². The summed E-state index contributed by atoms with van der Waals surface area (Å²) >= 11 is 6.20. The van der Waals surface area contributed by atoms with Crippen molar-refractivity contribution in [3.05, 3.63) is 69.1 Å². The van der Waals surface area contributed by atoms with Crippen molar-refractivity contribution in [1.82, 2.24) is 20.6 Å². The molecular weight excluding hydrogens is 448 g/mol. The minimum Gasteiger partial charge on any atom is -0.486 e. The lowest BCUT2D eigenvalue weighted by atomic mass is 10.1. The molecule has 0 unspecified atom stereocenters. The molecule has 170 valence electrons. The molecule has 3 aromatic rings. The summed E-state index contributed by atoms with van der Waals surface area (Å²) in [4.78, 5) is 37.5. The zero-order valence-corrected chi connectivity index (χ0v) is 18.5. The summed E-state index contributed by atoms with van der Waals surface area (Å²) in [5.41, 5.74) is 5.06. The van der Waals surface area contributed by atoms with Crippen molar-refractivity contribution in [3.63, 3.8) is 0 Å². The molecule has 0 saturated heterocycles. The van der Waals surface area contributed by atoms with E-state index in [4.69, 9.17) is 21.1 Å². The van der Waals surface area contributed by atoms with Gasteiger partial charge in [-0.05, 0) is 36.3 Å². The highest BCUT2D eigenvalue weighted by Crippen LogP contribution is 2.38. The number of carbonyl (C=O) groups excluding carboxylic acids is 2. The van der Waals surface area contributed by atoms with E-state index in [-0.39, 0.29) is 11.3 Å². The maximum Gasteiger partial charge on any atom is 0.290 e. The van der Waals surface area contributed by atoms with E-state index < -0.39 is 11.8 Å². The predicted octanol–water partition coefficient (Wildman–Crippen LogP) is 2.71. The van der Waals surface area contributed by atoms with Crippen LogP contribution in [0, 0.1) is 0 Å². The van der Waals surface area contributed by atoms with Crippen LogP contribution in [0.3, 0.4) is 0 Å². The van der Waals surface area contributed by atoms with Gasteiger partial charge in [-0.1, -0.05) is 36.7 Å². The zero-order valence-electron chi connectivity index (χ0n) is 17.8. The minimum atomic E-state index is -0.639. The van der Waals surface area contributed by atoms with Gasteiger partial charge in [0.25, 0.3) is 17.4 Å². The molecule has 4 rings (SSSR count). The Labute approximate surface area is 193 Å². The van der Waals surface area contributed by atoms with Gasteiger partial charge in [-0.3, -0.25) is 25.2 Å². The number of amides is 2. The standard InChI is InChI=1S/C23H21ClN4O5/c1-2-9-28-23(31)16-6-4-3-5-15(16)20(27-28)22(30)26-25-19(29)8-7-14-12-17(24)21-18(13-14)32-10-11-33-21/h3-8,12-13H,2,9-11H2,1H3,(H,25,29)(H,26,30)/b8-7+. The van der Waals surface area contributed by atoms with Crippen LogP contribution in [-0.2, 0) is 11.3 Å². The molecule has 0 bridgehead atoms. The molecule has 1 aromatic heterocycles. The van der Waals surface area contributed by atoms with Crippen LogP contribution < -0.4 is 25.9 Å². The summed E-state index contributed by atoms with van der Waals surface area (Å²) in [7, 11) is 0. The van der Waals surface area contributed by atoms with E-state index >= 15 is 0 Å². The Morgan fingerprint density at radius 2 is 1.91 bits per heavy atom. The Morgan fingerprint density at radius 3 is 2.70 bits per heavy atom. The molecule has 0 atom stereocenters. The zero-order chi connectivity index (χ0) is 23.4. The monoisotopic (exact) mass is 468 g/mol. The van der Waals surface area contributed by atoms with Crippen LogP contribution in [0.5, 0.6) is 11.5 Å². The third-order valence-corrected chi connectivity index (χ3v) is 5.14. The van der Waals surface area contributed by atoms with Crippen LogP contribution in [0.25, 0.3) is 16.8 Å². The Balaban J connectivity index is 1.48. The lowest BCUT2D eigenvalue weighted by Gasteiger charge is -2.19. The largest absolute Gasteiger partial charge is 0.486 e. The maximum absolute atomic E-state index is 12.7. The Bertz CT molecular complexity index is 1320. The fourth-order valence-corrected chi connectivity index (χ4v) is 3.66. The number of halogens is 1. The highest BCUT2D eigenvalue weighted by Gasteiger charge is 2.18. The fraction of sp³-hybridized carbons (Fsp3) is 0.217. The summed E-state index contributed by atoms with van der Waals surface area (Å²) in [6.45, 7) is 3.11. The van der Waals surface area contributed by atoms with Gasteiger partial charge >= 0.3 is 0 Å². The fourth-order valence-electron chi connectivity index (χ4n) is 3.38. The van der Waals surface area contributed by atoms with E-state index in [1.165, 1.54) is 16.8 Å². The Morgan fingerprint density at radius 1 is 1.15 bits per heavy atom. The molecular formula is C23H21ClN4O5. The molecule has 2 aromatic carbocycles. The molecule has 9 nitrogen and oxygen atoms in total. The number of hydrogen-bond donors (Lipinski definition) is 2. The number of nitrogens with zero attached hydrogens (tertiary/aromatic N) is 2. The number of hydrogen-bond acceptors (Lipinski definition) is 6. The Kier molecular flexibility index (Phi) is 6.60. The number of benzene rings is 2. The highest BCUT2D eigenvalue weighted by molar-refractivity contribution is 6.32. The summed E-state index contributed by atoms with van der Waals surface area (Å²) in [5, 5.41) is 5.36. The van der Waals surface area contributed by atoms with Gasteiger partial charge in [0, 0.05) is 18.0 Å². The summed E-state index contributed by atoms with van der Waals surface area (Å²) in [5.74, 6) is -0.232. The van der Waals surface area contributed by atoms with Gasteiger partial charge in [-0.2, -0.15) is 5.10 Å². The highest BCUT2D eigenvalue weighted by atomic mass is 35.5. The third-order valence-electron chi connectivity index (χ3n) is 4.86. The first-order valence-electron chi connectivity index (χ1n) is 10.4. The van der Waals surface area contributed by atoms with Crippen molar-refractivity contribution in [2.24, 2.45) is 0 Å². The van der Waals surface area contributed by atoms with Crippen molar-refractivity contribution >= 4 is 40.3 Å². The molecule has 0 saturated carbocycles. The number of hydrazine groups is 1. The van der Waals surface area contributed by atoms with Gasteiger partial charge in [-0.25, -0.2) is 4.68 Å². The molecule has 2 heterocycles. The molecule has 1 aliphatic heterocycles. The lowest BCUT2D eigenvalue weighted by Crippen LogP contribution is -2.42. The van der Waals surface area contributed by atoms with E-state index in [0.717, 1.165) is 0 Å². The average molecular weight is 469 g/mol. The first-order chi connectivity index (χ1) is 16.0. The molecule has 0 radical (unpaired) electrons. The summed E-state index contributed by atoms with van der Waals surface area (Å²) in [6.07, 6.45) is 3.45. The minimum absolute atomic E-state index is 0.0431. The summed E-state index contributed by atoms with van der Waals surface area (Å²) in [6, 6.07) is 10.1. The van der Waals surface area contributed by atoms with E-state index in [1.807, 2.05) is 6.92 Å². The second-order valence-electron chi connectivity index (χ2n) is 7.23. The molecule has 33 heavy (non-hydrogen) atoms. The predicted molar refractivity (Wildman–Crippen MR) is 123 cm³/mol. The Hall–Kier alpha value is -3.85. The first-order valence-corrected chi connectivity index (χ1v) is 10.7. The molecule has 0 spiro atoms. The van der Waals surface area contributed by atoms with Crippen molar-refractivity contribution in [2.45, 2.75) is 19.9 Å². The van der Waals surface area contributed by atoms with Gasteiger partial charge in [0.15, 0.2) is 17.2 Å². The first kappa shape index (κ1) is 22.3. The van der Waals surface area contributed by atoms with E-state index in [0.29, 0.717) is 59.0 Å². The van der Waals surface area contributed by atoms with Crippen LogP contribution in [0.15, 0.2) is 47.3 Å². The van der Waals surface area contributed by atoms with Gasteiger partial charge in [0.1, 0.15) is 13.2 Å². The second-order valence-corrected chi connectivity index (χ2v) is 7.63. The molecule has 0 aliphatic carbocycles. The number of rotatable bonds is 5. The van der Waals surface area contributed by atoms with E-state index in [1.54, 1.807) is 36.4 Å². The maximum atomic E-state index is 12.7. The number of aryl methyl sites for hydroxylation is 1. The lowest BCUT2D eigenvalue weighted by molar-refractivity contribution is -0.117. The quantitative estimate of drug-likeness (QED) is 0.440. The normalized spacial score (nSPS) is 12.7. The van der Waals surface area contributed by atoms with Crippen molar-refractivity contribution in [1.29, 1.82) is 0 Å². The third kappa shape index (κ3) is 4.83. The van der Waals surface area contributed by atoms with Crippen LogP contribution >= 0.6 is 11.6 Å². The number of fused-ring (bicyclic) bond motifs is 2. The number of carbonyl (C=O) groups is 2. The van der Waals surface area contributed by atoms with Crippen LogP contribution in [0.1, 0.15) is 29.4 Å². The number of aromatic nitrogens is 2. The molecule has 1 aliphatic rings. The average Bonchev–Trinajstić information content (AvgIpc) is 2.83. The molecule has 10 heteroatoms. The summed E-state index contributed by atoms with van der Waals surface area (Å²) < 4.78 is 12.2. The molecule has 2 N–H and O–H groups in total. The molecule has 0 fully saturated rings.